The van der Waals surface area contributed by atoms with Crippen LogP contribution >= 0.6 is 0 Å². The van der Waals surface area contributed by atoms with E-state index in [2.05, 4.69) is 43.6 Å². The molecule has 0 radical (unpaired) electrons. The quantitative estimate of drug-likeness (QED) is 0.504. The van der Waals surface area contributed by atoms with Gasteiger partial charge in [-0.15, -0.1) is 0 Å². The van der Waals surface area contributed by atoms with E-state index in [0.717, 1.165) is 55.8 Å². The van der Waals surface area contributed by atoms with Crippen molar-refractivity contribution in [1.82, 2.24) is 20.5 Å². The molecule has 1 atom stereocenters. The van der Waals surface area contributed by atoms with E-state index in [9.17, 15) is 0 Å². The second kappa shape index (κ2) is 11.9. The lowest BCUT2D eigenvalue weighted by molar-refractivity contribution is 0.146. The summed E-state index contributed by atoms with van der Waals surface area (Å²) in [5.41, 5.74) is 1.16. The van der Waals surface area contributed by atoms with E-state index < -0.39 is 0 Å². The van der Waals surface area contributed by atoms with Crippen molar-refractivity contribution < 1.29 is 4.42 Å². The van der Waals surface area contributed by atoms with E-state index in [0.29, 0.717) is 6.54 Å². The maximum Gasteiger partial charge on any atom is 0.191 e. The van der Waals surface area contributed by atoms with Crippen LogP contribution in [-0.4, -0.2) is 55.6 Å². The molecule has 0 saturated carbocycles. The van der Waals surface area contributed by atoms with Crippen molar-refractivity contribution in [2.45, 2.75) is 57.5 Å². The first-order valence-electron chi connectivity index (χ1n) is 12.3. The molecule has 32 heavy (non-hydrogen) atoms. The van der Waals surface area contributed by atoms with Crippen molar-refractivity contribution in [3.63, 3.8) is 0 Å². The summed E-state index contributed by atoms with van der Waals surface area (Å²) in [7, 11) is 1.82. The number of pyridine rings is 1. The maximum atomic E-state index is 5.76. The number of piperidine rings is 1. The number of rotatable bonds is 7. The van der Waals surface area contributed by atoms with Crippen LogP contribution in [0.4, 0.5) is 5.82 Å². The van der Waals surface area contributed by atoms with Gasteiger partial charge in [0.2, 0.25) is 0 Å². The topological polar surface area (TPSA) is 68.9 Å². The fraction of sp³-hybridized carbons (Fsp3) is 0.600. The average molecular weight is 439 g/mol. The summed E-state index contributed by atoms with van der Waals surface area (Å²) in [6, 6.07) is 8.60. The summed E-state index contributed by atoms with van der Waals surface area (Å²) < 4.78 is 5.76. The van der Waals surface area contributed by atoms with E-state index in [1.807, 2.05) is 19.3 Å². The van der Waals surface area contributed by atoms with E-state index in [-0.39, 0.29) is 6.04 Å². The molecule has 0 aromatic carbocycles. The van der Waals surface area contributed by atoms with Crippen LogP contribution in [0, 0.1) is 0 Å². The number of guanidine groups is 1. The number of hydrogen-bond donors (Lipinski definition) is 2. The van der Waals surface area contributed by atoms with Crippen molar-refractivity contribution >= 4 is 11.8 Å². The summed E-state index contributed by atoms with van der Waals surface area (Å²) in [5, 5.41) is 6.94. The van der Waals surface area contributed by atoms with Gasteiger partial charge in [0.15, 0.2) is 5.96 Å². The van der Waals surface area contributed by atoms with Gasteiger partial charge in [-0.25, -0.2) is 4.98 Å². The molecule has 0 aliphatic carbocycles. The van der Waals surface area contributed by atoms with E-state index in [4.69, 9.17) is 9.40 Å². The summed E-state index contributed by atoms with van der Waals surface area (Å²) in [4.78, 5) is 14.1. The molecule has 0 bridgehead atoms. The third-order valence-corrected chi connectivity index (χ3v) is 6.59. The SMILES string of the molecule is CN=C(NCc1ccc(N2CCCCCC2)nc1)NCC(c1ccco1)N1CCCCC1. The molecule has 2 aromatic heterocycles. The highest BCUT2D eigenvalue weighted by Gasteiger charge is 2.24. The third kappa shape index (κ3) is 6.25. The number of aromatic nitrogens is 1. The summed E-state index contributed by atoms with van der Waals surface area (Å²) in [6.07, 6.45) is 12.8. The van der Waals surface area contributed by atoms with Crippen molar-refractivity contribution in [3.8, 4) is 0 Å². The van der Waals surface area contributed by atoms with Crippen molar-refractivity contribution in [2.75, 3.05) is 44.7 Å². The fourth-order valence-electron chi connectivity index (χ4n) is 4.73. The molecule has 2 aliphatic heterocycles. The Balaban J connectivity index is 1.29. The van der Waals surface area contributed by atoms with E-state index in [1.54, 1.807) is 6.26 Å². The molecule has 2 N–H and O–H groups in total. The van der Waals surface area contributed by atoms with Crippen LogP contribution in [0.2, 0.25) is 0 Å². The van der Waals surface area contributed by atoms with E-state index >= 15 is 0 Å². The predicted molar refractivity (Wildman–Crippen MR) is 130 cm³/mol. The van der Waals surface area contributed by atoms with Gasteiger partial charge in [0.25, 0.3) is 0 Å². The van der Waals surface area contributed by atoms with Gasteiger partial charge in [-0.3, -0.25) is 9.89 Å². The number of anilines is 1. The summed E-state index contributed by atoms with van der Waals surface area (Å²) in [6.45, 7) is 5.94. The minimum absolute atomic E-state index is 0.221. The molecule has 4 heterocycles. The molecule has 2 aliphatic rings. The molecule has 0 spiro atoms. The minimum Gasteiger partial charge on any atom is -0.468 e. The van der Waals surface area contributed by atoms with Gasteiger partial charge >= 0.3 is 0 Å². The van der Waals surface area contributed by atoms with Gasteiger partial charge in [-0.1, -0.05) is 25.3 Å². The monoisotopic (exact) mass is 438 g/mol. The molecule has 7 heteroatoms. The zero-order chi connectivity index (χ0) is 22.0. The molecular weight excluding hydrogens is 400 g/mol. The Morgan fingerprint density at radius 1 is 1.00 bits per heavy atom. The molecule has 0 amide bonds. The first kappa shape index (κ1) is 22.6. The fourth-order valence-corrected chi connectivity index (χ4v) is 4.73. The normalized spacial score (nSPS) is 19.4. The number of likely N-dealkylation sites (tertiary alicyclic amines) is 1. The molecule has 7 nitrogen and oxygen atoms in total. The third-order valence-electron chi connectivity index (χ3n) is 6.59. The van der Waals surface area contributed by atoms with Crippen LogP contribution in [0.15, 0.2) is 46.1 Å². The molecule has 2 saturated heterocycles. The van der Waals surface area contributed by atoms with E-state index in [1.165, 1.54) is 44.9 Å². The Morgan fingerprint density at radius 3 is 2.41 bits per heavy atom. The lowest BCUT2D eigenvalue weighted by atomic mass is 10.1. The van der Waals surface area contributed by atoms with Crippen LogP contribution in [0.25, 0.3) is 0 Å². The maximum absolute atomic E-state index is 5.76. The molecule has 4 rings (SSSR count). The average Bonchev–Trinajstić information content (AvgIpc) is 3.24. The highest BCUT2D eigenvalue weighted by Crippen LogP contribution is 2.24. The first-order chi connectivity index (χ1) is 15.8. The Labute approximate surface area is 192 Å². The Bertz CT molecular complexity index is 805. The Hall–Kier alpha value is -2.54. The van der Waals surface area contributed by atoms with Gasteiger partial charge < -0.3 is 20.0 Å². The molecule has 2 aromatic rings. The Morgan fingerprint density at radius 2 is 1.75 bits per heavy atom. The molecule has 2 fully saturated rings. The van der Waals surface area contributed by atoms with Gasteiger partial charge in [0, 0.05) is 39.4 Å². The standard InChI is InChI=1S/C25H38N6O/c1-26-25(29-20-22(23-10-9-17-32-23)30-13-7-4-8-14-30)28-19-21-11-12-24(27-18-21)31-15-5-2-3-6-16-31/h9-12,17-18,22H,2-8,13-16,19-20H2,1H3,(H2,26,28,29). The predicted octanol–water partition coefficient (Wildman–Crippen LogP) is 3.95. The Kier molecular flexibility index (Phi) is 8.42. The highest BCUT2D eigenvalue weighted by atomic mass is 16.3. The number of nitrogens with zero attached hydrogens (tertiary/aromatic N) is 4. The van der Waals surface area contributed by atoms with Crippen LogP contribution in [-0.2, 0) is 6.54 Å². The molecule has 1 unspecified atom stereocenters. The molecular formula is C25H38N6O. The number of aliphatic imine (C=N–C) groups is 1. The smallest absolute Gasteiger partial charge is 0.191 e. The van der Waals surface area contributed by atoms with Crippen LogP contribution in [0.5, 0.6) is 0 Å². The molecule has 174 valence electrons. The zero-order valence-corrected chi connectivity index (χ0v) is 19.4. The first-order valence-corrected chi connectivity index (χ1v) is 12.3. The zero-order valence-electron chi connectivity index (χ0n) is 19.4. The summed E-state index contributed by atoms with van der Waals surface area (Å²) >= 11 is 0. The van der Waals surface area contributed by atoms with Crippen LogP contribution in [0.1, 0.15) is 62.3 Å². The largest absolute Gasteiger partial charge is 0.468 e. The van der Waals surface area contributed by atoms with Gasteiger partial charge in [0.05, 0.1) is 12.3 Å². The number of furan rings is 1. The van der Waals surface area contributed by atoms with Gasteiger partial charge in [-0.2, -0.15) is 0 Å². The number of hydrogen-bond acceptors (Lipinski definition) is 5. The second-order valence-electron chi connectivity index (χ2n) is 8.86. The van der Waals surface area contributed by atoms with Gasteiger partial charge in [0.1, 0.15) is 11.6 Å². The van der Waals surface area contributed by atoms with Crippen LogP contribution < -0.4 is 15.5 Å². The lowest BCUT2D eigenvalue weighted by Gasteiger charge is -2.33. The minimum atomic E-state index is 0.221. The second-order valence-corrected chi connectivity index (χ2v) is 8.86. The van der Waals surface area contributed by atoms with Gasteiger partial charge in [-0.05, 0) is 62.5 Å². The lowest BCUT2D eigenvalue weighted by Crippen LogP contribution is -2.44. The van der Waals surface area contributed by atoms with Crippen molar-refractivity contribution in [3.05, 3.63) is 48.0 Å². The summed E-state index contributed by atoms with van der Waals surface area (Å²) in [5.74, 6) is 2.92. The highest BCUT2D eigenvalue weighted by molar-refractivity contribution is 5.79. The van der Waals surface area contributed by atoms with Crippen molar-refractivity contribution in [1.29, 1.82) is 0 Å². The van der Waals surface area contributed by atoms with Crippen molar-refractivity contribution in [2.24, 2.45) is 4.99 Å². The van der Waals surface area contributed by atoms with Crippen LogP contribution in [0.3, 0.4) is 0 Å². The number of nitrogens with one attached hydrogen (secondary N) is 2.